The van der Waals surface area contributed by atoms with Gasteiger partial charge in [0, 0.05) is 14.2 Å². The molecule has 1 aromatic rings. The lowest BCUT2D eigenvalue weighted by molar-refractivity contribution is 0.00694. The average Bonchev–Trinajstić information content (AvgIpc) is 2.86. The number of nitrogens with one attached hydrogen (secondary N) is 1. The largest absolute Gasteiger partial charge is 0.493 e. The molecule has 0 amide bonds. The Labute approximate surface area is 121 Å². The Kier molecular flexibility index (Phi) is 5.43. The van der Waals surface area contributed by atoms with E-state index in [1.54, 1.807) is 13.3 Å². The van der Waals surface area contributed by atoms with Crippen molar-refractivity contribution >= 4 is 0 Å². The van der Waals surface area contributed by atoms with Crippen LogP contribution in [0, 0.1) is 5.92 Å². The van der Waals surface area contributed by atoms with Crippen LogP contribution in [0.25, 0.3) is 0 Å². The van der Waals surface area contributed by atoms with E-state index in [4.69, 9.17) is 9.47 Å². The van der Waals surface area contributed by atoms with Gasteiger partial charge in [-0.2, -0.15) is 5.10 Å². The van der Waals surface area contributed by atoms with Crippen molar-refractivity contribution in [2.75, 3.05) is 21.3 Å². The molecule has 1 N–H and O–H groups in total. The van der Waals surface area contributed by atoms with Crippen LogP contribution in [0.2, 0.25) is 0 Å². The fourth-order valence-corrected chi connectivity index (χ4v) is 3.46. The summed E-state index contributed by atoms with van der Waals surface area (Å²) in [5, 5.41) is 7.72. The van der Waals surface area contributed by atoms with Gasteiger partial charge in [0.25, 0.3) is 0 Å². The van der Waals surface area contributed by atoms with Gasteiger partial charge in [0.15, 0.2) is 5.75 Å². The summed E-state index contributed by atoms with van der Waals surface area (Å²) < 4.78 is 13.2. The van der Waals surface area contributed by atoms with Crippen molar-refractivity contribution in [1.82, 2.24) is 15.1 Å². The molecule has 114 valence electrons. The quantitative estimate of drug-likeness (QED) is 0.869. The molecule has 5 nitrogen and oxygen atoms in total. The number of rotatable bonds is 6. The van der Waals surface area contributed by atoms with Gasteiger partial charge in [-0.1, -0.05) is 19.3 Å². The highest BCUT2D eigenvalue weighted by atomic mass is 16.5. The minimum atomic E-state index is 0.102. The molecule has 1 fully saturated rings. The van der Waals surface area contributed by atoms with Crippen LogP contribution in [0.1, 0.15) is 43.8 Å². The molecule has 1 saturated carbocycles. The van der Waals surface area contributed by atoms with Crippen molar-refractivity contribution in [2.45, 2.75) is 44.2 Å². The summed E-state index contributed by atoms with van der Waals surface area (Å²) in [6.07, 6.45) is 8.39. The number of ether oxygens (including phenoxy) is 2. The lowest BCUT2D eigenvalue weighted by Crippen LogP contribution is -2.38. The van der Waals surface area contributed by atoms with Crippen molar-refractivity contribution in [3.63, 3.8) is 0 Å². The molecule has 1 aliphatic carbocycles. The molecular weight excluding hydrogens is 254 g/mol. The van der Waals surface area contributed by atoms with E-state index in [9.17, 15) is 0 Å². The number of methoxy groups -OCH3 is 2. The Morgan fingerprint density at radius 1 is 1.30 bits per heavy atom. The van der Waals surface area contributed by atoms with E-state index >= 15 is 0 Å². The Balaban J connectivity index is 2.26. The topological polar surface area (TPSA) is 48.3 Å². The minimum Gasteiger partial charge on any atom is -0.493 e. The SMILES string of the molecule is CNC(c1c(OC)cnn1C)C(OC)C1CCCCC1. The number of likely N-dealkylation sites (N-methyl/N-ethyl adjacent to an activating group) is 1. The number of hydrogen-bond acceptors (Lipinski definition) is 4. The molecule has 1 heterocycles. The Morgan fingerprint density at radius 2 is 2.00 bits per heavy atom. The highest BCUT2D eigenvalue weighted by Gasteiger charge is 2.34. The maximum absolute atomic E-state index is 5.86. The van der Waals surface area contributed by atoms with Crippen LogP contribution in [0.4, 0.5) is 0 Å². The van der Waals surface area contributed by atoms with Crippen LogP contribution in [-0.4, -0.2) is 37.2 Å². The molecule has 20 heavy (non-hydrogen) atoms. The first-order valence-electron chi connectivity index (χ1n) is 7.48. The van der Waals surface area contributed by atoms with Gasteiger partial charge in [0.1, 0.15) is 0 Å². The number of hydrogen-bond donors (Lipinski definition) is 1. The van der Waals surface area contributed by atoms with E-state index in [-0.39, 0.29) is 12.1 Å². The predicted molar refractivity (Wildman–Crippen MR) is 78.9 cm³/mol. The smallest absolute Gasteiger partial charge is 0.161 e. The molecule has 5 heteroatoms. The first-order chi connectivity index (χ1) is 9.72. The van der Waals surface area contributed by atoms with Crippen LogP contribution in [0.3, 0.4) is 0 Å². The van der Waals surface area contributed by atoms with Gasteiger partial charge < -0.3 is 14.8 Å². The van der Waals surface area contributed by atoms with E-state index in [0.717, 1.165) is 11.4 Å². The predicted octanol–water partition coefficient (Wildman–Crippen LogP) is 2.28. The summed E-state index contributed by atoms with van der Waals surface area (Å²) in [7, 11) is 7.43. The molecule has 0 radical (unpaired) electrons. The van der Waals surface area contributed by atoms with E-state index < -0.39 is 0 Å². The van der Waals surface area contributed by atoms with Gasteiger partial charge in [-0.25, -0.2) is 0 Å². The van der Waals surface area contributed by atoms with E-state index in [1.165, 1.54) is 32.1 Å². The summed E-state index contributed by atoms with van der Waals surface area (Å²) >= 11 is 0. The van der Waals surface area contributed by atoms with Crippen LogP contribution in [-0.2, 0) is 11.8 Å². The van der Waals surface area contributed by atoms with Crippen molar-refractivity contribution in [3.05, 3.63) is 11.9 Å². The molecule has 0 saturated heterocycles. The summed E-state index contributed by atoms with van der Waals surface area (Å²) in [5.74, 6) is 1.43. The molecule has 0 aromatic carbocycles. The highest BCUT2D eigenvalue weighted by molar-refractivity contribution is 5.29. The van der Waals surface area contributed by atoms with Crippen LogP contribution < -0.4 is 10.1 Å². The van der Waals surface area contributed by atoms with Gasteiger partial charge in [0.2, 0.25) is 0 Å². The monoisotopic (exact) mass is 281 g/mol. The Hall–Kier alpha value is -1.07. The van der Waals surface area contributed by atoms with Crippen molar-refractivity contribution in [1.29, 1.82) is 0 Å². The third kappa shape index (κ3) is 2.99. The van der Waals surface area contributed by atoms with Crippen molar-refractivity contribution < 1.29 is 9.47 Å². The lowest BCUT2D eigenvalue weighted by atomic mass is 9.81. The third-order valence-corrected chi connectivity index (χ3v) is 4.49. The summed E-state index contributed by atoms with van der Waals surface area (Å²) in [6, 6.07) is 0.102. The normalized spacial score (nSPS) is 19.8. The summed E-state index contributed by atoms with van der Waals surface area (Å²) in [5.41, 5.74) is 1.06. The molecule has 2 unspecified atom stereocenters. The van der Waals surface area contributed by atoms with E-state index in [2.05, 4.69) is 10.4 Å². The minimum absolute atomic E-state index is 0.102. The maximum Gasteiger partial charge on any atom is 0.161 e. The Morgan fingerprint density at radius 3 is 2.55 bits per heavy atom. The Bertz CT molecular complexity index is 413. The van der Waals surface area contributed by atoms with E-state index in [0.29, 0.717) is 5.92 Å². The molecule has 0 bridgehead atoms. The zero-order chi connectivity index (χ0) is 14.5. The van der Waals surface area contributed by atoms with Crippen LogP contribution in [0.15, 0.2) is 6.20 Å². The summed E-state index contributed by atoms with van der Waals surface area (Å²) in [4.78, 5) is 0. The molecular formula is C15H27N3O2. The molecule has 0 aliphatic heterocycles. The number of aryl methyl sites for hydroxylation is 1. The second-order valence-electron chi connectivity index (χ2n) is 5.59. The fraction of sp³-hybridized carbons (Fsp3) is 0.800. The van der Waals surface area contributed by atoms with E-state index in [1.807, 2.05) is 25.9 Å². The standard InChI is InChI=1S/C15H27N3O2/c1-16-13(14-12(19-3)10-17-18(14)2)15(20-4)11-8-6-5-7-9-11/h10-11,13,15-16H,5-9H2,1-4H3. The third-order valence-electron chi connectivity index (χ3n) is 4.49. The van der Waals surface area contributed by atoms with Gasteiger partial charge >= 0.3 is 0 Å². The van der Waals surface area contributed by atoms with Gasteiger partial charge in [0.05, 0.1) is 31.1 Å². The van der Waals surface area contributed by atoms with Gasteiger partial charge in [-0.15, -0.1) is 0 Å². The van der Waals surface area contributed by atoms with Gasteiger partial charge in [-0.3, -0.25) is 4.68 Å². The zero-order valence-electron chi connectivity index (χ0n) is 13.1. The molecule has 1 aliphatic rings. The lowest BCUT2D eigenvalue weighted by Gasteiger charge is -2.35. The van der Waals surface area contributed by atoms with Crippen LogP contribution >= 0.6 is 0 Å². The molecule has 0 spiro atoms. The van der Waals surface area contributed by atoms with Crippen molar-refractivity contribution in [2.24, 2.45) is 13.0 Å². The second kappa shape index (κ2) is 7.09. The van der Waals surface area contributed by atoms with Crippen LogP contribution in [0.5, 0.6) is 5.75 Å². The highest BCUT2D eigenvalue weighted by Crippen LogP contribution is 2.36. The van der Waals surface area contributed by atoms with Gasteiger partial charge in [-0.05, 0) is 25.8 Å². The zero-order valence-corrected chi connectivity index (χ0v) is 13.1. The number of nitrogens with zero attached hydrogens (tertiary/aromatic N) is 2. The molecule has 2 rings (SSSR count). The fourth-order valence-electron chi connectivity index (χ4n) is 3.46. The first kappa shape index (κ1) is 15.3. The van der Waals surface area contributed by atoms with Crippen molar-refractivity contribution in [3.8, 4) is 5.75 Å². The molecule has 1 aromatic heterocycles. The number of aromatic nitrogens is 2. The summed E-state index contributed by atoms with van der Waals surface area (Å²) in [6.45, 7) is 0. The average molecular weight is 281 g/mol. The maximum atomic E-state index is 5.86. The second-order valence-corrected chi connectivity index (χ2v) is 5.59. The first-order valence-corrected chi connectivity index (χ1v) is 7.48. The molecule has 2 atom stereocenters.